The van der Waals surface area contributed by atoms with E-state index in [0.717, 1.165) is 25.1 Å². The Bertz CT molecular complexity index is 570. The first-order chi connectivity index (χ1) is 9.33. The zero-order valence-corrected chi connectivity index (χ0v) is 11.6. The lowest BCUT2D eigenvalue weighted by Gasteiger charge is -2.15. The molecule has 1 fully saturated rings. The van der Waals surface area contributed by atoms with Gasteiger partial charge in [-0.15, -0.1) is 11.3 Å². The molecular weight excluding hydrogens is 256 g/mol. The molecule has 3 nitrogen and oxygen atoms in total. The van der Waals surface area contributed by atoms with Gasteiger partial charge in [0.2, 0.25) is 5.91 Å². The number of nitrogens with one attached hydrogen (secondary N) is 2. The Hall–Kier alpha value is -1.39. The summed E-state index contributed by atoms with van der Waals surface area (Å²) >= 11 is 1.72. The van der Waals surface area contributed by atoms with Crippen LogP contribution in [0, 0.1) is 0 Å². The number of carbonyl (C=O) groups excluding carboxylic acids is 1. The van der Waals surface area contributed by atoms with E-state index in [4.69, 9.17) is 0 Å². The SMILES string of the molecule is O=C(Nc1ccc2sccc2c1)C1CCCCCN1. The van der Waals surface area contributed by atoms with Gasteiger partial charge in [0.1, 0.15) is 0 Å². The van der Waals surface area contributed by atoms with Gasteiger partial charge in [-0.25, -0.2) is 0 Å². The summed E-state index contributed by atoms with van der Waals surface area (Å²) < 4.78 is 1.26. The second-order valence-corrected chi connectivity index (χ2v) is 5.97. The lowest BCUT2D eigenvalue weighted by Crippen LogP contribution is -2.39. The normalized spacial score (nSPS) is 20.1. The molecule has 1 aliphatic heterocycles. The maximum absolute atomic E-state index is 12.2. The molecule has 1 amide bonds. The number of benzene rings is 1. The average molecular weight is 274 g/mol. The molecular formula is C15H18N2OS. The molecule has 0 bridgehead atoms. The van der Waals surface area contributed by atoms with Gasteiger partial charge in [0, 0.05) is 10.4 Å². The van der Waals surface area contributed by atoms with Crippen molar-refractivity contribution in [2.45, 2.75) is 31.7 Å². The molecule has 1 saturated heterocycles. The predicted molar refractivity (Wildman–Crippen MR) is 80.7 cm³/mol. The second-order valence-electron chi connectivity index (χ2n) is 5.02. The Morgan fingerprint density at radius 1 is 1.26 bits per heavy atom. The molecule has 0 spiro atoms. The highest BCUT2D eigenvalue weighted by Crippen LogP contribution is 2.24. The fourth-order valence-electron chi connectivity index (χ4n) is 2.53. The largest absolute Gasteiger partial charge is 0.325 e. The van der Waals surface area contributed by atoms with E-state index in [1.54, 1.807) is 11.3 Å². The summed E-state index contributed by atoms with van der Waals surface area (Å²) in [6.45, 7) is 0.946. The molecule has 0 aliphatic carbocycles. The van der Waals surface area contributed by atoms with E-state index in [2.05, 4.69) is 28.1 Å². The van der Waals surface area contributed by atoms with Crippen molar-refractivity contribution in [3.8, 4) is 0 Å². The van der Waals surface area contributed by atoms with E-state index in [-0.39, 0.29) is 11.9 Å². The Morgan fingerprint density at radius 2 is 2.21 bits per heavy atom. The Balaban J connectivity index is 1.70. The quantitative estimate of drug-likeness (QED) is 0.881. The van der Waals surface area contributed by atoms with Crippen LogP contribution in [-0.4, -0.2) is 18.5 Å². The second kappa shape index (κ2) is 5.72. The molecule has 1 aromatic carbocycles. The van der Waals surface area contributed by atoms with E-state index < -0.39 is 0 Å². The fraction of sp³-hybridized carbons (Fsp3) is 0.400. The molecule has 0 saturated carbocycles. The van der Waals surface area contributed by atoms with Crippen molar-refractivity contribution in [1.82, 2.24) is 5.32 Å². The number of carbonyl (C=O) groups is 1. The van der Waals surface area contributed by atoms with Gasteiger partial charge in [-0.05, 0) is 54.4 Å². The van der Waals surface area contributed by atoms with E-state index in [0.29, 0.717) is 0 Å². The smallest absolute Gasteiger partial charge is 0.241 e. The van der Waals surface area contributed by atoms with Gasteiger partial charge in [0.15, 0.2) is 0 Å². The molecule has 0 radical (unpaired) electrons. The minimum atomic E-state index is -0.0410. The van der Waals surface area contributed by atoms with Crippen LogP contribution in [0.5, 0.6) is 0 Å². The summed E-state index contributed by atoms with van der Waals surface area (Å²) in [7, 11) is 0. The van der Waals surface area contributed by atoms with Gasteiger partial charge >= 0.3 is 0 Å². The van der Waals surface area contributed by atoms with Crippen molar-refractivity contribution in [2.24, 2.45) is 0 Å². The van der Waals surface area contributed by atoms with E-state index >= 15 is 0 Å². The molecule has 2 aromatic rings. The summed E-state index contributed by atoms with van der Waals surface area (Å²) in [5.41, 5.74) is 0.891. The van der Waals surface area contributed by atoms with Crippen molar-refractivity contribution >= 4 is 33.0 Å². The van der Waals surface area contributed by atoms with Crippen LogP contribution < -0.4 is 10.6 Å². The minimum absolute atomic E-state index is 0.0410. The highest BCUT2D eigenvalue weighted by molar-refractivity contribution is 7.17. The molecule has 4 heteroatoms. The van der Waals surface area contributed by atoms with Crippen LogP contribution in [0.4, 0.5) is 5.69 Å². The lowest BCUT2D eigenvalue weighted by molar-refractivity contribution is -0.118. The molecule has 1 atom stereocenters. The van der Waals surface area contributed by atoms with Crippen molar-refractivity contribution in [3.05, 3.63) is 29.6 Å². The van der Waals surface area contributed by atoms with Crippen LogP contribution in [0.3, 0.4) is 0 Å². The molecule has 3 rings (SSSR count). The highest BCUT2D eigenvalue weighted by atomic mass is 32.1. The van der Waals surface area contributed by atoms with Crippen LogP contribution in [0.2, 0.25) is 0 Å². The maximum Gasteiger partial charge on any atom is 0.241 e. The molecule has 100 valence electrons. The van der Waals surface area contributed by atoms with Crippen molar-refractivity contribution in [1.29, 1.82) is 0 Å². The third-order valence-electron chi connectivity index (χ3n) is 3.60. The summed E-state index contributed by atoms with van der Waals surface area (Å²) in [4.78, 5) is 12.2. The number of anilines is 1. The summed E-state index contributed by atoms with van der Waals surface area (Å²) in [5.74, 6) is 0.0940. The summed E-state index contributed by atoms with van der Waals surface area (Å²) in [6.07, 6.45) is 4.46. The van der Waals surface area contributed by atoms with Crippen molar-refractivity contribution in [2.75, 3.05) is 11.9 Å². The van der Waals surface area contributed by atoms with Gasteiger partial charge in [0.05, 0.1) is 6.04 Å². The fourth-order valence-corrected chi connectivity index (χ4v) is 3.30. The van der Waals surface area contributed by atoms with Crippen molar-refractivity contribution in [3.63, 3.8) is 0 Å². The number of fused-ring (bicyclic) bond motifs is 1. The lowest BCUT2D eigenvalue weighted by atomic mass is 10.1. The molecule has 1 aliphatic rings. The average Bonchev–Trinajstić information content (AvgIpc) is 2.71. The van der Waals surface area contributed by atoms with Crippen LogP contribution >= 0.6 is 11.3 Å². The topological polar surface area (TPSA) is 41.1 Å². The summed E-state index contributed by atoms with van der Waals surface area (Å²) in [5, 5.41) is 9.61. The summed E-state index contributed by atoms with van der Waals surface area (Å²) in [6, 6.07) is 8.13. The minimum Gasteiger partial charge on any atom is -0.325 e. The Labute approximate surface area is 117 Å². The Kier molecular flexibility index (Phi) is 3.80. The van der Waals surface area contributed by atoms with Crippen LogP contribution in [0.25, 0.3) is 10.1 Å². The first-order valence-electron chi connectivity index (χ1n) is 6.84. The Morgan fingerprint density at radius 3 is 3.16 bits per heavy atom. The van der Waals surface area contributed by atoms with E-state index in [9.17, 15) is 4.79 Å². The monoisotopic (exact) mass is 274 g/mol. The predicted octanol–water partition coefficient (Wildman–Crippen LogP) is 3.37. The van der Waals surface area contributed by atoms with Gasteiger partial charge in [0.25, 0.3) is 0 Å². The molecule has 2 N–H and O–H groups in total. The van der Waals surface area contributed by atoms with Crippen LogP contribution in [0.15, 0.2) is 29.6 Å². The van der Waals surface area contributed by atoms with Gasteiger partial charge in [-0.1, -0.05) is 12.8 Å². The number of hydrogen-bond acceptors (Lipinski definition) is 3. The van der Waals surface area contributed by atoms with Gasteiger partial charge in [-0.2, -0.15) is 0 Å². The van der Waals surface area contributed by atoms with Gasteiger partial charge in [-0.3, -0.25) is 4.79 Å². The number of amides is 1. The molecule has 2 heterocycles. The standard InChI is InChI=1S/C15H18N2OS/c18-15(13-4-2-1-3-8-16-13)17-12-5-6-14-11(10-12)7-9-19-14/h5-7,9-10,13,16H,1-4,8H2,(H,17,18). The maximum atomic E-state index is 12.2. The first kappa shape index (κ1) is 12.6. The molecule has 19 heavy (non-hydrogen) atoms. The van der Waals surface area contributed by atoms with Gasteiger partial charge < -0.3 is 10.6 Å². The third kappa shape index (κ3) is 2.96. The van der Waals surface area contributed by atoms with E-state index in [1.807, 2.05) is 12.1 Å². The zero-order chi connectivity index (χ0) is 13.1. The number of thiophene rings is 1. The number of rotatable bonds is 2. The highest BCUT2D eigenvalue weighted by Gasteiger charge is 2.19. The zero-order valence-electron chi connectivity index (χ0n) is 10.8. The van der Waals surface area contributed by atoms with E-state index in [1.165, 1.54) is 22.9 Å². The first-order valence-corrected chi connectivity index (χ1v) is 7.72. The van der Waals surface area contributed by atoms with Crippen molar-refractivity contribution < 1.29 is 4.79 Å². The third-order valence-corrected chi connectivity index (χ3v) is 4.49. The molecule has 1 unspecified atom stereocenters. The van der Waals surface area contributed by atoms with Crippen LogP contribution in [0.1, 0.15) is 25.7 Å². The van der Waals surface area contributed by atoms with Crippen LogP contribution in [-0.2, 0) is 4.79 Å². The molecule has 1 aromatic heterocycles. The number of hydrogen-bond donors (Lipinski definition) is 2.